The van der Waals surface area contributed by atoms with Gasteiger partial charge in [0.1, 0.15) is 5.75 Å². The first-order valence-electron chi connectivity index (χ1n) is 7.71. The van der Waals surface area contributed by atoms with Gasteiger partial charge in [0.15, 0.2) is 0 Å². The smallest absolute Gasteiger partial charge is 0.122 e. The normalized spacial score (nSPS) is 12.8. The molecule has 0 bridgehead atoms. The van der Waals surface area contributed by atoms with E-state index in [2.05, 4.69) is 32.9 Å². The average Bonchev–Trinajstić information content (AvgIpc) is 2.47. The van der Waals surface area contributed by atoms with Crippen LogP contribution >= 0.6 is 0 Å². The molecule has 0 saturated heterocycles. The van der Waals surface area contributed by atoms with Crippen LogP contribution in [-0.4, -0.2) is 19.7 Å². The summed E-state index contributed by atoms with van der Waals surface area (Å²) in [6.45, 7) is 10.6. The summed E-state index contributed by atoms with van der Waals surface area (Å²) in [7, 11) is 0. The highest BCUT2D eigenvalue weighted by Gasteiger charge is 2.18. The van der Waals surface area contributed by atoms with Crippen molar-refractivity contribution in [2.24, 2.45) is 17.4 Å². The largest absolute Gasteiger partial charge is 0.494 e. The van der Waals surface area contributed by atoms with E-state index >= 15 is 0 Å². The molecular formula is C17H30N2O. The van der Waals surface area contributed by atoms with Gasteiger partial charge in [0.2, 0.25) is 0 Å². The van der Waals surface area contributed by atoms with Crippen molar-refractivity contribution in [2.75, 3.05) is 19.7 Å². The van der Waals surface area contributed by atoms with E-state index in [4.69, 9.17) is 16.2 Å². The van der Waals surface area contributed by atoms with Crippen molar-refractivity contribution in [1.29, 1.82) is 0 Å². The lowest BCUT2D eigenvalue weighted by atomic mass is 9.83. The second-order valence-corrected chi connectivity index (χ2v) is 5.51. The Bertz CT molecular complexity index is 414. The Hall–Kier alpha value is -1.06. The van der Waals surface area contributed by atoms with Crippen molar-refractivity contribution in [1.82, 2.24) is 0 Å². The summed E-state index contributed by atoms with van der Waals surface area (Å²) in [6.07, 6.45) is 2.18. The van der Waals surface area contributed by atoms with Gasteiger partial charge in [0.25, 0.3) is 0 Å². The van der Waals surface area contributed by atoms with Crippen molar-refractivity contribution in [3.8, 4) is 5.75 Å². The third-order valence-electron chi connectivity index (χ3n) is 4.30. The van der Waals surface area contributed by atoms with Crippen LogP contribution in [0.1, 0.15) is 49.3 Å². The van der Waals surface area contributed by atoms with Crippen molar-refractivity contribution < 1.29 is 4.74 Å². The zero-order chi connectivity index (χ0) is 15.1. The highest BCUT2D eigenvalue weighted by Crippen LogP contribution is 2.33. The quantitative estimate of drug-likeness (QED) is 0.768. The minimum Gasteiger partial charge on any atom is -0.494 e. The maximum absolute atomic E-state index is 5.80. The summed E-state index contributed by atoms with van der Waals surface area (Å²) in [4.78, 5) is 0. The summed E-state index contributed by atoms with van der Waals surface area (Å²) in [5, 5.41) is 0. The molecule has 0 fully saturated rings. The van der Waals surface area contributed by atoms with Crippen molar-refractivity contribution in [2.45, 2.75) is 46.5 Å². The predicted molar refractivity (Wildman–Crippen MR) is 86.3 cm³/mol. The first-order valence-corrected chi connectivity index (χ1v) is 7.71. The Labute approximate surface area is 123 Å². The fourth-order valence-corrected chi connectivity index (χ4v) is 2.78. The molecule has 0 spiro atoms. The van der Waals surface area contributed by atoms with Gasteiger partial charge in [0.05, 0.1) is 6.61 Å². The zero-order valence-electron chi connectivity index (χ0n) is 13.4. The molecule has 3 heteroatoms. The number of nitrogens with two attached hydrogens (primary N) is 2. The number of ether oxygens (including phenoxy) is 1. The Morgan fingerprint density at radius 1 is 1.05 bits per heavy atom. The van der Waals surface area contributed by atoms with E-state index in [9.17, 15) is 0 Å². The Kier molecular flexibility index (Phi) is 7.03. The maximum atomic E-state index is 5.80. The van der Waals surface area contributed by atoms with Gasteiger partial charge in [-0.15, -0.1) is 0 Å². The number of benzene rings is 1. The Morgan fingerprint density at radius 2 is 1.70 bits per heavy atom. The van der Waals surface area contributed by atoms with Crippen LogP contribution in [0.4, 0.5) is 0 Å². The first-order chi connectivity index (χ1) is 9.58. The summed E-state index contributed by atoms with van der Waals surface area (Å²) < 4.78 is 5.67. The number of rotatable bonds is 8. The highest BCUT2D eigenvalue weighted by molar-refractivity contribution is 5.45. The van der Waals surface area contributed by atoms with Gasteiger partial charge in [-0.1, -0.05) is 13.0 Å². The molecule has 0 heterocycles. The average molecular weight is 278 g/mol. The molecule has 0 aliphatic rings. The molecule has 0 aliphatic carbocycles. The van der Waals surface area contributed by atoms with Crippen LogP contribution in [0.3, 0.4) is 0 Å². The van der Waals surface area contributed by atoms with E-state index in [0.29, 0.717) is 31.5 Å². The van der Waals surface area contributed by atoms with Crippen LogP contribution in [0, 0.1) is 19.8 Å². The lowest BCUT2D eigenvalue weighted by Crippen LogP contribution is -2.25. The standard InChI is InChI=1S/C17H30N2O/c1-5-15(9-14(10-18)11-19)16-7-8-17(20-6-2)13(4)12(16)3/h7-8,14-15H,5-6,9-11,18-19H2,1-4H3. The third-order valence-corrected chi connectivity index (χ3v) is 4.30. The van der Waals surface area contributed by atoms with E-state index < -0.39 is 0 Å². The van der Waals surface area contributed by atoms with Gasteiger partial charge in [-0.3, -0.25) is 0 Å². The third kappa shape index (κ3) is 3.97. The molecule has 1 unspecified atom stereocenters. The van der Waals surface area contributed by atoms with Crippen molar-refractivity contribution in [3.63, 3.8) is 0 Å². The number of hydrogen-bond donors (Lipinski definition) is 2. The number of hydrogen-bond acceptors (Lipinski definition) is 3. The van der Waals surface area contributed by atoms with Gasteiger partial charge in [-0.05, 0) is 81.3 Å². The van der Waals surface area contributed by atoms with E-state index in [0.717, 1.165) is 18.6 Å². The second-order valence-electron chi connectivity index (χ2n) is 5.51. The maximum Gasteiger partial charge on any atom is 0.122 e. The fourth-order valence-electron chi connectivity index (χ4n) is 2.78. The van der Waals surface area contributed by atoms with E-state index in [1.54, 1.807) is 0 Å². The van der Waals surface area contributed by atoms with Crippen LogP contribution < -0.4 is 16.2 Å². The summed E-state index contributed by atoms with van der Waals surface area (Å²) in [6, 6.07) is 4.31. The molecule has 114 valence electrons. The highest BCUT2D eigenvalue weighted by atomic mass is 16.5. The second kappa shape index (κ2) is 8.28. The molecular weight excluding hydrogens is 248 g/mol. The van der Waals surface area contributed by atoms with Gasteiger partial charge < -0.3 is 16.2 Å². The molecule has 0 amide bonds. The Morgan fingerprint density at radius 3 is 2.20 bits per heavy atom. The predicted octanol–water partition coefficient (Wildman–Crippen LogP) is 3.12. The SMILES string of the molecule is CCOc1ccc(C(CC)CC(CN)CN)c(C)c1C. The molecule has 1 aromatic rings. The molecule has 1 rings (SSSR count). The molecule has 0 aliphatic heterocycles. The van der Waals surface area contributed by atoms with Crippen molar-refractivity contribution in [3.05, 3.63) is 28.8 Å². The van der Waals surface area contributed by atoms with Gasteiger partial charge in [-0.2, -0.15) is 0 Å². The van der Waals surface area contributed by atoms with Gasteiger partial charge >= 0.3 is 0 Å². The minimum atomic E-state index is 0.409. The van der Waals surface area contributed by atoms with Crippen LogP contribution in [0.5, 0.6) is 5.75 Å². The van der Waals surface area contributed by atoms with Gasteiger partial charge in [0, 0.05) is 0 Å². The summed E-state index contributed by atoms with van der Waals surface area (Å²) >= 11 is 0. The molecule has 20 heavy (non-hydrogen) atoms. The Balaban J connectivity index is 3.01. The van der Waals surface area contributed by atoms with Crippen molar-refractivity contribution >= 4 is 0 Å². The molecule has 1 atom stereocenters. The molecule has 1 aromatic carbocycles. The minimum absolute atomic E-state index is 0.409. The summed E-state index contributed by atoms with van der Waals surface area (Å²) in [5.74, 6) is 1.94. The zero-order valence-corrected chi connectivity index (χ0v) is 13.4. The van der Waals surface area contributed by atoms with Gasteiger partial charge in [-0.25, -0.2) is 0 Å². The van der Waals surface area contributed by atoms with E-state index in [1.807, 2.05) is 6.92 Å². The van der Waals surface area contributed by atoms with E-state index in [1.165, 1.54) is 16.7 Å². The lowest BCUT2D eigenvalue weighted by Gasteiger charge is -2.24. The fraction of sp³-hybridized carbons (Fsp3) is 0.647. The molecule has 4 N–H and O–H groups in total. The lowest BCUT2D eigenvalue weighted by molar-refractivity contribution is 0.337. The molecule has 0 radical (unpaired) electrons. The van der Waals surface area contributed by atoms with E-state index in [-0.39, 0.29) is 0 Å². The molecule has 3 nitrogen and oxygen atoms in total. The van der Waals surface area contributed by atoms with Crippen LogP contribution in [-0.2, 0) is 0 Å². The summed E-state index contributed by atoms with van der Waals surface area (Å²) in [5.41, 5.74) is 15.6. The van der Waals surface area contributed by atoms with Crippen LogP contribution in [0.25, 0.3) is 0 Å². The van der Waals surface area contributed by atoms with Crippen LogP contribution in [0.2, 0.25) is 0 Å². The monoisotopic (exact) mass is 278 g/mol. The topological polar surface area (TPSA) is 61.3 Å². The van der Waals surface area contributed by atoms with Crippen LogP contribution in [0.15, 0.2) is 12.1 Å². The molecule has 0 saturated carbocycles. The first kappa shape index (κ1) is 17.0. The molecule has 0 aromatic heterocycles.